The zero-order chi connectivity index (χ0) is 20.9. The van der Waals surface area contributed by atoms with Gasteiger partial charge in [0, 0.05) is 34.2 Å². The molecule has 1 atom stereocenters. The number of hydrogen-bond donors (Lipinski definition) is 2. The minimum Gasteiger partial charge on any atom is -0.378 e. The quantitative estimate of drug-likeness (QED) is 0.357. The summed E-state index contributed by atoms with van der Waals surface area (Å²) in [5.74, 6) is -0.586. The Bertz CT molecular complexity index is 1200. The number of aliphatic hydroxyl groups is 1. The van der Waals surface area contributed by atoms with Crippen molar-refractivity contribution in [3.8, 4) is 0 Å². The Morgan fingerprint density at radius 3 is 2.53 bits per heavy atom. The average molecular weight is 418 g/mol. The van der Waals surface area contributed by atoms with Crippen LogP contribution in [0.3, 0.4) is 0 Å². The summed E-state index contributed by atoms with van der Waals surface area (Å²) >= 11 is 6.32. The summed E-state index contributed by atoms with van der Waals surface area (Å²) in [5.41, 5.74) is 5.83. The number of nitrogens with zero attached hydrogens (tertiary/aromatic N) is 2. The van der Waals surface area contributed by atoms with Gasteiger partial charge in [-0.25, -0.2) is 5.43 Å². The van der Waals surface area contributed by atoms with Crippen LogP contribution in [0.2, 0.25) is 5.02 Å². The molecule has 0 saturated carbocycles. The van der Waals surface area contributed by atoms with E-state index in [1.165, 1.54) is 0 Å². The molecular weight excluding hydrogens is 398 g/mol. The highest BCUT2D eigenvalue weighted by atomic mass is 35.5. The molecule has 2 N–H and O–H groups in total. The van der Waals surface area contributed by atoms with Gasteiger partial charge in [0.2, 0.25) is 0 Å². The summed E-state index contributed by atoms with van der Waals surface area (Å²) < 4.78 is 2.10. The molecule has 1 heterocycles. The van der Waals surface area contributed by atoms with Crippen LogP contribution in [0, 0.1) is 0 Å². The molecule has 0 unspecified atom stereocenters. The van der Waals surface area contributed by atoms with Gasteiger partial charge in [0.05, 0.1) is 6.21 Å². The van der Waals surface area contributed by atoms with E-state index in [1.54, 1.807) is 30.5 Å². The number of amides is 1. The molecule has 0 aliphatic rings. The molecule has 1 amide bonds. The van der Waals surface area contributed by atoms with Gasteiger partial charge in [-0.2, -0.15) is 5.10 Å². The van der Waals surface area contributed by atoms with E-state index in [0.717, 1.165) is 22.0 Å². The molecule has 5 nitrogen and oxygen atoms in total. The lowest BCUT2D eigenvalue weighted by Gasteiger charge is -2.08. The fourth-order valence-electron chi connectivity index (χ4n) is 3.33. The second kappa shape index (κ2) is 8.95. The van der Waals surface area contributed by atoms with Crippen LogP contribution >= 0.6 is 11.6 Å². The Morgan fingerprint density at radius 1 is 1.03 bits per heavy atom. The van der Waals surface area contributed by atoms with E-state index >= 15 is 0 Å². The summed E-state index contributed by atoms with van der Waals surface area (Å²) in [4.78, 5) is 12.2. The number of carbonyl (C=O) groups is 1. The number of halogens is 1. The first kappa shape index (κ1) is 19.9. The number of nitrogens with one attached hydrogen (secondary N) is 1. The molecule has 0 saturated heterocycles. The summed E-state index contributed by atoms with van der Waals surface area (Å²) in [6.45, 7) is 0.618. The third kappa shape index (κ3) is 4.27. The topological polar surface area (TPSA) is 66.6 Å². The predicted molar refractivity (Wildman–Crippen MR) is 120 cm³/mol. The minimum absolute atomic E-state index is 0.515. The van der Waals surface area contributed by atoms with Gasteiger partial charge in [0.25, 0.3) is 5.91 Å². The van der Waals surface area contributed by atoms with Crippen molar-refractivity contribution in [2.45, 2.75) is 12.6 Å². The van der Waals surface area contributed by atoms with Crippen LogP contribution in [0.25, 0.3) is 10.9 Å². The maximum absolute atomic E-state index is 12.2. The Morgan fingerprint density at radius 2 is 1.73 bits per heavy atom. The van der Waals surface area contributed by atoms with Crippen molar-refractivity contribution < 1.29 is 9.90 Å². The third-order valence-corrected chi connectivity index (χ3v) is 5.23. The normalized spacial score (nSPS) is 12.3. The minimum atomic E-state index is -1.27. The van der Waals surface area contributed by atoms with Crippen molar-refractivity contribution in [1.82, 2.24) is 9.99 Å². The number of hydrogen-bond acceptors (Lipinski definition) is 3. The number of aromatic nitrogens is 1. The molecular formula is C24H20ClN3O2. The van der Waals surface area contributed by atoms with E-state index in [2.05, 4.69) is 15.1 Å². The smallest absolute Gasteiger partial charge is 0.273 e. The van der Waals surface area contributed by atoms with Gasteiger partial charge in [0.15, 0.2) is 6.10 Å². The molecule has 30 heavy (non-hydrogen) atoms. The lowest BCUT2D eigenvalue weighted by Crippen LogP contribution is -2.25. The Hall–Kier alpha value is -3.41. The first-order chi connectivity index (χ1) is 14.6. The Kier molecular flexibility index (Phi) is 5.93. The molecule has 6 heteroatoms. The predicted octanol–water partition coefficient (Wildman–Crippen LogP) is 4.53. The molecule has 3 aromatic carbocycles. The van der Waals surface area contributed by atoms with Crippen molar-refractivity contribution in [3.63, 3.8) is 0 Å². The first-order valence-electron chi connectivity index (χ1n) is 9.50. The zero-order valence-corrected chi connectivity index (χ0v) is 16.8. The molecule has 0 aliphatic heterocycles. The molecule has 0 aliphatic carbocycles. The van der Waals surface area contributed by atoms with Crippen molar-refractivity contribution in [3.05, 3.63) is 107 Å². The summed E-state index contributed by atoms with van der Waals surface area (Å²) in [7, 11) is 0. The number of hydrazone groups is 1. The average Bonchev–Trinajstić information content (AvgIpc) is 3.13. The second-order valence-electron chi connectivity index (χ2n) is 6.87. The number of benzene rings is 3. The van der Waals surface area contributed by atoms with Crippen molar-refractivity contribution >= 4 is 34.6 Å². The lowest BCUT2D eigenvalue weighted by atomic mass is 10.1. The van der Waals surface area contributed by atoms with Gasteiger partial charge in [-0.1, -0.05) is 78.3 Å². The van der Waals surface area contributed by atoms with Crippen molar-refractivity contribution in [2.75, 3.05) is 0 Å². The molecule has 1 aromatic heterocycles. The van der Waals surface area contributed by atoms with Crippen LogP contribution in [-0.2, 0) is 11.3 Å². The molecule has 0 spiro atoms. The van der Waals surface area contributed by atoms with Crippen LogP contribution in [-0.4, -0.2) is 21.8 Å². The van der Waals surface area contributed by atoms with E-state index in [0.29, 0.717) is 17.1 Å². The number of para-hydroxylation sites is 1. The van der Waals surface area contributed by atoms with Crippen LogP contribution in [0.4, 0.5) is 0 Å². The Labute approximate surface area is 179 Å². The third-order valence-electron chi connectivity index (χ3n) is 4.86. The monoisotopic (exact) mass is 417 g/mol. The van der Waals surface area contributed by atoms with E-state index in [4.69, 9.17) is 11.6 Å². The summed E-state index contributed by atoms with van der Waals surface area (Å²) in [5, 5.41) is 15.9. The number of carbonyl (C=O) groups excluding carboxylic acids is 1. The van der Waals surface area contributed by atoms with Crippen LogP contribution < -0.4 is 5.43 Å². The molecule has 4 aromatic rings. The summed E-state index contributed by atoms with van der Waals surface area (Å²) in [6.07, 6.45) is 2.28. The SMILES string of the molecule is O=C(N/N=C\c1cn(Cc2ccccc2Cl)c2ccccc12)[C@H](O)c1ccccc1. The number of fused-ring (bicyclic) bond motifs is 1. The van der Waals surface area contributed by atoms with E-state index < -0.39 is 12.0 Å². The van der Waals surface area contributed by atoms with Gasteiger partial charge in [-0.3, -0.25) is 4.79 Å². The Balaban J connectivity index is 1.54. The standard InChI is InChI=1S/C24H20ClN3O2/c25-21-12-6-4-10-18(21)15-28-16-19(20-11-5-7-13-22(20)28)14-26-27-24(30)23(29)17-8-2-1-3-9-17/h1-14,16,23,29H,15H2,(H,27,30)/b26-14-/t23-/m1/s1. The maximum atomic E-state index is 12.2. The van der Waals surface area contributed by atoms with Gasteiger partial charge >= 0.3 is 0 Å². The highest BCUT2D eigenvalue weighted by Gasteiger charge is 2.16. The first-order valence-corrected chi connectivity index (χ1v) is 9.88. The van der Waals surface area contributed by atoms with Crippen LogP contribution in [0.15, 0.2) is 90.2 Å². The molecule has 150 valence electrons. The largest absolute Gasteiger partial charge is 0.378 e. The fraction of sp³-hybridized carbons (Fsp3) is 0.0833. The van der Waals surface area contributed by atoms with Crippen LogP contribution in [0.5, 0.6) is 0 Å². The van der Waals surface area contributed by atoms with Gasteiger partial charge < -0.3 is 9.67 Å². The number of rotatable bonds is 6. The van der Waals surface area contributed by atoms with Crippen molar-refractivity contribution in [1.29, 1.82) is 0 Å². The molecule has 0 fully saturated rings. The van der Waals surface area contributed by atoms with Gasteiger partial charge in [-0.05, 0) is 23.3 Å². The van der Waals surface area contributed by atoms with E-state index in [-0.39, 0.29) is 0 Å². The maximum Gasteiger partial charge on any atom is 0.273 e. The highest BCUT2D eigenvalue weighted by molar-refractivity contribution is 6.31. The van der Waals surface area contributed by atoms with Gasteiger partial charge in [-0.15, -0.1) is 0 Å². The summed E-state index contributed by atoms with van der Waals surface area (Å²) in [6, 6.07) is 24.4. The zero-order valence-electron chi connectivity index (χ0n) is 16.1. The van der Waals surface area contributed by atoms with Gasteiger partial charge in [0.1, 0.15) is 0 Å². The fourth-order valence-corrected chi connectivity index (χ4v) is 3.53. The van der Waals surface area contributed by atoms with E-state index in [9.17, 15) is 9.90 Å². The molecule has 4 rings (SSSR count). The second-order valence-corrected chi connectivity index (χ2v) is 7.28. The molecule has 0 bridgehead atoms. The van der Waals surface area contributed by atoms with Crippen molar-refractivity contribution in [2.24, 2.45) is 5.10 Å². The van der Waals surface area contributed by atoms with Crippen LogP contribution in [0.1, 0.15) is 22.8 Å². The lowest BCUT2D eigenvalue weighted by molar-refractivity contribution is -0.129. The molecule has 0 radical (unpaired) electrons. The number of aliphatic hydroxyl groups excluding tert-OH is 1. The van der Waals surface area contributed by atoms with E-state index in [1.807, 2.05) is 60.8 Å². The highest BCUT2D eigenvalue weighted by Crippen LogP contribution is 2.23.